The largest absolute Gasteiger partial charge is 0.496 e. The molecule has 2 N–H and O–H groups in total. The molecular formula is C27H33N5O4. The highest BCUT2D eigenvalue weighted by atomic mass is 16.5. The topological polar surface area (TPSA) is 106 Å². The van der Waals surface area contributed by atoms with Gasteiger partial charge < -0.3 is 9.64 Å². The van der Waals surface area contributed by atoms with Crippen LogP contribution in [0.5, 0.6) is 5.75 Å². The van der Waals surface area contributed by atoms with Crippen molar-refractivity contribution in [1.82, 2.24) is 19.9 Å². The third-order valence-corrected chi connectivity index (χ3v) is 6.73. The Kier molecular flexibility index (Phi) is 7.87. The van der Waals surface area contributed by atoms with Crippen molar-refractivity contribution in [3.8, 4) is 5.75 Å². The van der Waals surface area contributed by atoms with E-state index < -0.39 is 12.0 Å². The lowest BCUT2D eigenvalue weighted by Gasteiger charge is -2.41. The zero-order valence-corrected chi connectivity index (χ0v) is 21.0. The van der Waals surface area contributed by atoms with Crippen molar-refractivity contribution in [2.45, 2.75) is 52.1 Å². The van der Waals surface area contributed by atoms with Crippen molar-refractivity contribution in [3.05, 3.63) is 64.4 Å². The second kappa shape index (κ2) is 11.2. The molecule has 2 heterocycles. The molecule has 1 aliphatic rings. The molecule has 36 heavy (non-hydrogen) atoms. The molecule has 0 radical (unpaired) electrons. The van der Waals surface area contributed by atoms with Crippen LogP contribution in [0.1, 0.15) is 51.1 Å². The summed E-state index contributed by atoms with van der Waals surface area (Å²) in [5.74, 6) is 0.154. The minimum Gasteiger partial charge on any atom is -0.496 e. The van der Waals surface area contributed by atoms with Gasteiger partial charge >= 0.3 is 0 Å². The Morgan fingerprint density at radius 3 is 2.61 bits per heavy atom. The zero-order valence-electron chi connectivity index (χ0n) is 21.0. The minimum atomic E-state index is -0.509. The monoisotopic (exact) mass is 491 g/mol. The van der Waals surface area contributed by atoms with E-state index in [0.29, 0.717) is 42.6 Å². The molecule has 1 saturated heterocycles. The van der Waals surface area contributed by atoms with Crippen molar-refractivity contribution < 1.29 is 14.3 Å². The number of aromatic nitrogens is 2. The Bertz CT molecular complexity index is 1300. The summed E-state index contributed by atoms with van der Waals surface area (Å²) < 4.78 is 7.08. The van der Waals surface area contributed by atoms with Crippen molar-refractivity contribution in [2.24, 2.45) is 5.92 Å². The number of fused-ring (bicyclic) bond motifs is 1. The van der Waals surface area contributed by atoms with Gasteiger partial charge in [0.2, 0.25) is 17.8 Å². The second-order valence-corrected chi connectivity index (χ2v) is 8.89. The van der Waals surface area contributed by atoms with E-state index in [1.165, 1.54) is 4.57 Å². The van der Waals surface area contributed by atoms with Crippen molar-refractivity contribution in [1.29, 1.82) is 0 Å². The summed E-state index contributed by atoms with van der Waals surface area (Å²) in [7, 11) is 1.59. The standard InChI is InChI=1S/C27H33N5O4/c1-4-6-17-32-23(33)16-15-20(24(32)19-12-8-10-14-22(19)36-3)25(34)29-30-27-28-21-13-9-7-11-18(21)26(35)31(27)5-2/h7-14,20,24H,4-6,15-17H2,1-3H3,(H,28,30)(H,29,34). The molecule has 190 valence electrons. The highest BCUT2D eigenvalue weighted by Crippen LogP contribution is 2.40. The normalized spacial score (nSPS) is 17.8. The Hall–Kier alpha value is -3.88. The van der Waals surface area contributed by atoms with Crippen LogP contribution in [0.15, 0.2) is 53.3 Å². The van der Waals surface area contributed by atoms with Gasteiger partial charge in [0.25, 0.3) is 5.56 Å². The molecule has 2 unspecified atom stereocenters. The van der Waals surface area contributed by atoms with Gasteiger partial charge in [-0.1, -0.05) is 43.7 Å². The number of likely N-dealkylation sites (tertiary alicyclic amines) is 1. The van der Waals surface area contributed by atoms with Gasteiger partial charge in [0.1, 0.15) is 5.75 Å². The van der Waals surface area contributed by atoms with Gasteiger partial charge in [0, 0.05) is 25.1 Å². The van der Waals surface area contributed by atoms with Crippen molar-refractivity contribution in [2.75, 3.05) is 19.1 Å². The number of hydrogen-bond acceptors (Lipinski definition) is 6. The maximum atomic E-state index is 13.6. The molecule has 0 aliphatic carbocycles. The molecule has 9 heteroatoms. The van der Waals surface area contributed by atoms with E-state index in [4.69, 9.17) is 4.74 Å². The molecule has 1 fully saturated rings. The third kappa shape index (κ3) is 4.91. The fraction of sp³-hybridized carbons (Fsp3) is 0.407. The molecule has 2 aromatic carbocycles. The summed E-state index contributed by atoms with van der Waals surface area (Å²) in [6, 6.07) is 14.2. The number of amides is 2. The number of anilines is 1. The summed E-state index contributed by atoms with van der Waals surface area (Å²) in [4.78, 5) is 45.8. The predicted octanol–water partition coefficient (Wildman–Crippen LogP) is 3.65. The number of hydrogen-bond donors (Lipinski definition) is 2. The predicted molar refractivity (Wildman–Crippen MR) is 139 cm³/mol. The lowest BCUT2D eigenvalue weighted by molar-refractivity contribution is -0.143. The quantitative estimate of drug-likeness (QED) is 0.443. The van der Waals surface area contributed by atoms with E-state index in [1.54, 1.807) is 25.3 Å². The Morgan fingerprint density at radius 2 is 1.86 bits per heavy atom. The van der Waals surface area contributed by atoms with E-state index >= 15 is 0 Å². The first-order valence-corrected chi connectivity index (χ1v) is 12.5. The summed E-state index contributed by atoms with van der Waals surface area (Å²) in [5.41, 5.74) is 6.83. The van der Waals surface area contributed by atoms with Crippen LogP contribution in [-0.2, 0) is 16.1 Å². The van der Waals surface area contributed by atoms with Crippen LogP contribution in [0.3, 0.4) is 0 Å². The van der Waals surface area contributed by atoms with E-state index in [-0.39, 0.29) is 23.3 Å². The molecule has 2 amide bonds. The highest BCUT2D eigenvalue weighted by molar-refractivity contribution is 5.86. The zero-order chi connectivity index (χ0) is 25.7. The number of hydrazine groups is 1. The van der Waals surface area contributed by atoms with Gasteiger partial charge in [-0.25, -0.2) is 4.98 Å². The van der Waals surface area contributed by atoms with Gasteiger partial charge in [0.05, 0.1) is 30.0 Å². The second-order valence-electron chi connectivity index (χ2n) is 8.89. The van der Waals surface area contributed by atoms with Gasteiger partial charge in [0.15, 0.2) is 0 Å². The van der Waals surface area contributed by atoms with Gasteiger partial charge in [-0.2, -0.15) is 0 Å². The summed E-state index contributed by atoms with van der Waals surface area (Å²) in [5, 5.41) is 0.518. The fourth-order valence-corrected chi connectivity index (χ4v) is 4.88. The molecule has 0 saturated carbocycles. The number of carbonyl (C=O) groups excluding carboxylic acids is 2. The lowest BCUT2D eigenvalue weighted by atomic mass is 9.83. The SMILES string of the molecule is CCCCN1C(=O)CCC(C(=O)NNc2nc3ccccc3c(=O)n2CC)C1c1ccccc1OC. The smallest absolute Gasteiger partial charge is 0.262 e. The molecule has 1 aliphatic heterocycles. The number of piperidine rings is 1. The molecule has 3 aromatic rings. The molecular weight excluding hydrogens is 458 g/mol. The maximum absolute atomic E-state index is 13.6. The summed E-state index contributed by atoms with van der Waals surface area (Å²) >= 11 is 0. The Morgan fingerprint density at radius 1 is 1.11 bits per heavy atom. The van der Waals surface area contributed by atoms with Crippen LogP contribution in [0.25, 0.3) is 10.9 Å². The number of methoxy groups -OCH3 is 1. The van der Waals surface area contributed by atoms with E-state index in [1.807, 2.05) is 42.2 Å². The van der Waals surface area contributed by atoms with Crippen LogP contribution in [0.4, 0.5) is 5.95 Å². The number of nitrogens with one attached hydrogen (secondary N) is 2. The first kappa shape index (κ1) is 25.2. The number of carbonyl (C=O) groups is 2. The highest BCUT2D eigenvalue weighted by Gasteiger charge is 2.41. The number of benzene rings is 2. The number of unbranched alkanes of at least 4 members (excludes halogenated alkanes) is 1. The molecule has 1 aromatic heterocycles. The molecule has 0 spiro atoms. The number of para-hydroxylation sites is 2. The van der Waals surface area contributed by atoms with Crippen LogP contribution >= 0.6 is 0 Å². The molecule has 2 atom stereocenters. The lowest BCUT2D eigenvalue weighted by Crippen LogP contribution is -2.49. The number of nitrogens with zero attached hydrogens (tertiary/aromatic N) is 3. The third-order valence-electron chi connectivity index (χ3n) is 6.73. The van der Waals surface area contributed by atoms with Crippen molar-refractivity contribution >= 4 is 28.7 Å². The number of rotatable bonds is 9. The Labute approximate surface area is 210 Å². The van der Waals surface area contributed by atoms with Crippen LogP contribution in [0.2, 0.25) is 0 Å². The van der Waals surface area contributed by atoms with Crippen molar-refractivity contribution in [3.63, 3.8) is 0 Å². The van der Waals surface area contributed by atoms with Crippen LogP contribution in [0, 0.1) is 5.92 Å². The Balaban J connectivity index is 1.64. The maximum Gasteiger partial charge on any atom is 0.262 e. The summed E-state index contributed by atoms with van der Waals surface area (Å²) in [6.45, 7) is 4.88. The molecule has 9 nitrogen and oxygen atoms in total. The van der Waals surface area contributed by atoms with Crippen LogP contribution in [-0.4, -0.2) is 39.9 Å². The van der Waals surface area contributed by atoms with Gasteiger partial charge in [-0.15, -0.1) is 0 Å². The first-order valence-electron chi connectivity index (χ1n) is 12.5. The van der Waals surface area contributed by atoms with E-state index in [2.05, 4.69) is 22.8 Å². The molecule has 0 bridgehead atoms. The first-order chi connectivity index (χ1) is 17.5. The van der Waals surface area contributed by atoms with E-state index in [0.717, 1.165) is 18.4 Å². The molecule has 4 rings (SSSR count). The van der Waals surface area contributed by atoms with Gasteiger partial charge in [-0.05, 0) is 38.0 Å². The average molecular weight is 492 g/mol. The average Bonchev–Trinajstić information content (AvgIpc) is 2.91. The minimum absolute atomic E-state index is 0.0346. The van der Waals surface area contributed by atoms with E-state index in [9.17, 15) is 14.4 Å². The summed E-state index contributed by atoms with van der Waals surface area (Å²) in [6.07, 6.45) is 2.47. The van der Waals surface area contributed by atoms with Crippen LogP contribution < -0.4 is 21.1 Å². The number of ether oxygens (including phenoxy) is 1. The fourth-order valence-electron chi connectivity index (χ4n) is 4.88. The van der Waals surface area contributed by atoms with Gasteiger partial charge in [-0.3, -0.25) is 29.8 Å².